The minimum atomic E-state index is 0.120. The molecule has 18 heavy (non-hydrogen) atoms. The number of carbonyl (C=O) groups excluding carboxylic acids is 1. The first-order valence-corrected chi connectivity index (χ1v) is 7.62. The molecule has 2 heterocycles. The van der Waals surface area contributed by atoms with Crippen molar-refractivity contribution >= 4 is 22.4 Å². The van der Waals surface area contributed by atoms with E-state index in [1.807, 2.05) is 5.38 Å². The number of aromatic nitrogens is 1. The second-order valence-corrected chi connectivity index (χ2v) is 6.19. The van der Waals surface area contributed by atoms with Crippen molar-refractivity contribution in [1.82, 2.24) is 9.88 Å². The van der Waals surface area contributed by atoms with Gasteiger partial charge in [-0.25, -0.2) is 4.98 Å². The third-order valence-corrected chi connectivity index (χ3v) is 4.55. The summed E-state index contributed by atoms with van der Waals surface area (Å²) in [5, 5.41) is 5.47. The molecule has 0 unspecified atom stereocenters. The van der Waals surface area contributed by atoms with E-state index in [1.54, 1.807) is 6.20 Å². The van der Waals surface area contributed by atoms with Crippen LogP contribution >= 0.6 is 11.3 Å². The van der Waals surface area contributed by atoms with Gasteiger partial charge in [-0.2, -0.15) is 0 Å². The Hall–Kier alpha value is -0.940. The Morgan fingerprint density at radius 3 is 2.78 bits per heavy atom. The monoisotopic (exact) mass is 265 g/mol. The Kier molecular flexibility index (Phi) is 3.61. The highest BCUT2D eigenvalue weighted by molar-refractivity contribution is 7.13. The van der Waals surface area contributed by atoms with Gasteiger partial charge in [-0.05, 0) is 44.7 Å². The van der Waals surface area contributed by atoms with Crippen LogP contribution in [0.25, 0.3) is 0 Å². The van der Waals surface area contributed by atoms with Crippen LogP contribution in [0.1, 0.15) is 32.1 Å². The van der Waals surface area contributed by atoms with Crippen molar-refractivity contribution in [3.8, 4) is 0 Å². The molecule has 1 saturated heterocycles. The molecule has 2 fully saturated rings. The zero-order valence-corrected chi connectivity index (χ0v) is 11.3. The third kappa shape index (κ3) is 3.09. The van der Waals surface area contributed by atoms with Crippen molar-refractivity contribution in [2.45, 2.75) is 38.1 Å². The van der Waals surface area contributed by atoms with Gasteiger partial charge in [0.2, 0.25) is 5.91 Å². The maximum atomic E-state index is 11.8. The summed E-state index contributed by atoms with van der Waals surface area (Å²) < 4.78 is 0. The number of rotatable bonds is 4. The zero-order chi connectivity index (χ0) is 12.4. The lowest BCUT2D eigenvalue weighted by atomic mass is 9.93. The summed E-state index contributed by atoms with van der Waals surface area (Å²) in [7, 11) is 0. The highest BCUT2D eigenvalue weighted by Gasteiger charge is 2.32. The molecular weight excluding hydrogens is 246 g/mol. The van der Waals surface area contributed by atoms with Gasteiger partial charge in [0.25, 0.3) is 0 Å². The first kappa shape index (κ1) is 12.1. The lowest BCUT2D eigenvalue weighted by Crippen LogP contribution is -2.36. The molecule has 98 valence electrons. The molecule has 1 N–H and O–H groups in total. The third-order valence-electron chi connectivity index (χ3n) is 3.87. The Balaban J connectivity index is 1.41. The molecular formula is C13H19N3OS. The van der Waals surface area contributed by atoms with Crippen LogP contribution in [0, 0.1) is 5.92 Å². The van der Waals surface area contributed by atoms with Gasteiger partial charge >= 0.3 is 0 Å². The van der Waals surface area contributed by atoms with Crippen LogP contribution in [-0.2, 0) is 4.79 Å². The van der Waals surface area contributed by atoms with E-state index < -0.39 is 0 Å². The van der Waals surface area contributed by atoms with Crippen molar-refractivity contribution in [1.29, 1.82) is 0 Å². The van der Waals surface area contributed by atoms with Gasteiger partial charge in [0.05, 0.1) is 0 Å². The van der Waals surface area contributed by atoms with Crippen molar-refractivity contribution in [2.24, 2.45) is 5.92 Å². The summed E-state index contributed by atoms with van der Waals surface area (Å²) in [4.78, 5) is 18.5. The first-order valence-electron chi connectivity index (χ1n) is 6.74. The Morgan fingerprint density at radius 1 is 1.39 bits per heavy atom. The smallest absolute Gasteiger partial charge is 0.226 e. The quantitative estimate of drug-likeness (QED) is 0.909. The molecule has 5 heteroatoms. The van der Waals surface area contributed by atoms with Crippen LogP contribution < -0.4 is 5.32 Å². The van der Waals surface area contributed by atoms with Crippen LogP contribution in [0.2, 0.25) is 0 Å². The van der Waals surface area contributed by atoms with Gasteiger partial charge in [0, 0.05) is 24.0 Å². The lowest BCUT2D eigenvalue weighted by Gasteiger charge is -2.31. The van der Waals surface area contributed by atoms with Gasteiger partial charge in [-0.1, -0.05) is 0 Å². The fourth-order valence-corrected chi connectivity index (χ4v) is 3.22. The fraction of sp³-hybridized carbons (Fsp3) is 0.692. The van der Waals surface area contributed by atoms with E-state index in [-0.39, 0.29) is 5.91 Å². The van der Waals surface area contributed by atoms with Crippen LogP contribution in [0.4, 0.5) is 5.13 Å². The average Bonchev–Trinajstić information content (AvgIpc) is 3.09. The molecule has 4 nitrogen and oxygen atoms in total. The molecule has 3 rings (SSSR count). The number of hydrogen-bond acceptors (Lipinski definition) is 4. The van der Waals surface area contributed by atoms with E-state index in [9.17, 15) is 4.79 Å². The van der Waals surface area contributed by atoms with Gasteiger partial charge in [0.15, 0.2) is 5.13 Å². The molecule has 0 atom stereocenters. The van der Waals surface area contributed by atoms with Crippen LogP contribution in [0.15, 0.2) is 11.6 Å². The van der Waals surface area contributed by atoms with E-state index in [1.165, 1.54) is 50.1 Å². The summed E-state index contributed by atoms with van der Waals surface area (Å²) in [5.74, 6) is 0.676. The minimum Gasteiger partial charge on any atom is -0.302 e. The minimum absolute atomic E-state index is 0.120. The van der Waals surface area contributed by atoms with Gasteiger partial charge in [-0.3, -0.25) is 4.79 Å². The second-order valence-electron chi connectivity index (χ2n) is 5.30. The maximum absolute atomic E-state index is 11.8. The van der Waals surface area contributed by atoms with Gasteiger partial charge in [0.1, 0.15) is 0 Å². The standard InChI is InChI=1S/C13H19N3OS/c17-12(15-13-14-5-8-18-13)9-10-3-6-16(7-4-10)11-1-2-11/h5,8,10-11H,1-4,6-7,9H2,(H,14,15,17). The normalized spacial score (nSPS) is 22.0. The molecule has 0 radical (unpaired) electrons. The fourth-order valence-electron chi connectivity index (χ4n) is 2.68. The van der Waals surface area contributed by atoms with Crippen LogP contribution in [0.5, 0.6) is 0 Å². The van der Waals surface area contributed by atoms with E-state index in [0.29, 0.717) is 12.3 Å². The highest BCUT2D eigenvalue weighted by Crippen LogP contribution is 2.31. The summed E-state index contributed by atoms with van der Waals surface area (Å²) in [6, 6.07) is 0.870. The van der Waals surface area contributed by atoms with E-state index in [0.717, 1.165) is 11.2 Å². The predicted molar refractivity (Wildman–Crippen MR) is 72.7 cm³/mol. The molecule has 2 aliphatic rings. The number of nitrogens with one attached hydrogen (secondary N) is 1. The molecule has 1 aromatic rings. The van der Waals surface area contributed by atoms with Crippen molar-refractivity contribution < 1.29 is 4.79 Å². The molecule has 1 aromatic heterocycles. The zero-order valence-electron chi connectivity index (χ0n) is 10.5. The number of carbonyl (C=O) groups is 1. The Morgan fingerprint density at radius 2 is 2.17 bits per heavy atom. The molecule has 1 aliphatic carbocycles. The van der Waals surface area contributed by atoms with Gasteiger partial charge < -0.3 is 10.2 Å². The molecule has 1 amide bonds. The van der Waals surface area contributed by atoms with Crippen molar-refractivity contribution in [3.05, 3.63) is 11.6 Å². The number of nitrogens with zero attached hydrogens (tertiary/aromatic N) is 2. The summed E-state index contributed by atoms with van der Waals surface area (Å²) in [6.07, 6.45) is 7.47. The number of thiazole rings is 1. The van der Waals surface area contributed by atoms with Crippen LogP contribution in [-0.4, -0.2) is 34.9 Å². The largest absolute Gasteiger partial charge is 0.302 e. The lowest BCUT2D eigenvalue weighted by molar-refractivity contribution is -0.117. The van der Waals surface area contributed by atoms with Crippen molar-refractivity contribution in [2.75, 3.05) is 18.4 Å². The van der Waals surface area contributed by atoms with E-state index in [4.69, 9.17) is 0 Å². The summed E-state index contributed by atoms with van der Waals surface area (Å²) in [6.45, 7) is 2.36. The maximum Gasteiger partial charge on any atom is 0.226 e. The Bertz CT molecular complexity index is 394. The molecule has 1 aliphatic heterocycles. The molecule has 0 bridgehead atoms. The Labute approximate surface area is 111 Å². The van der Waals surface area contributed by atoms with Crippen molar-refractivity contribution in [3.63, 3.8) is 0 Å². The summed E-state index contributed by atoms with van der Waals surface area (Å²) >= 11 is 1.47. The number of likely N-dealkylation sites (tertiary alicyclic amines) is 1. The topological polar surface area (TPSA) is 45.2 Å². The van der Waals surface area contributed by atoms with Crippen LogP contribution in [0.3, 0.4) is 0 Å². The van der Waals surface area contributed by atoms with Gasteiger partial charge in [-0.15, -0.1) is 11.3 Å². The SMILES string of the molecule is O=C(CC1CCN(C2CC2)CC1)Nc1nccs1. The number of anilines is 1. The summed E-state index contributed by atoms with van der Waals surface area (Å²) in [5.41, 5.74) is 0. The number of amides is 1. The van der Waals surface area contributed by atoms with E-state index >= 15 is 0 Å². The highest BCUT2D eigenvalue weighted by atomic mass is 32.1. The molecule has 0 spiro atoms. The molecule has 0 aromatic carbocycles. The number of piperidine rings is 1. The number of hydrogen-bond donors (Lipinski definition) is 1. The average molecular weight is 265 g/mol. The molecule has 1 saturated carbocycles. The predicted octanol–water partition coefficient (Wildman–Crippen LogP) is 2.35. The van der Waals surface area contributed by atoms with E-state index in [2.05, 4.69) is 15.2 Å². The second kappa shape index (κ2) is 5.36. The first-order chi connectivity index (χ1) is 8.81.